The number of aromatic nitrogens is 4. The van der Waals surface area contributed by atoms with Crippen LogP contribution in [0.25, 0.3) is 5.57 Å². The summed E-state index contributed by atoms with van der Waals surface area (Å²) in [6, 6.07) is 5.56. The number of halogens is 3. The normalized spacial score (nSPS) is 14.0. The molecule has 0 fully saturated rings. The molecule has 1 aromatic carbocycles. The number of carbonyl (C=O) groups is 2. The van der Waals surface area contributed by atoms with Gasteiger partial charge in [0.25, 0.3) is 11.8 Å². The molecular weight excluding hydrogens is 477 g/mol. The second kappa shape index (κ2) is 10.1. The Kier molecular flexibility index (Phi) is 6.90. The number of carbonyl (C=O) groups excluding carboxylic acids is 2. The molecule has 1 aliphatic heterocycles. The van der Waals surface area contributed by atoms with E-state index in [1.165, 1.54) is 0 Å². The fraction of sp³-hybridized carbons (Fsp3) is 0.261. The van der Waals surface area contributed by atoms with Crippen LogP contribution >= 0.6 is 0 Å². The van der Waals surface area contributed by atoms with Gasteiger partial charge >= 0.3 is 6.18 Å². The first-order chi connectivity index (χ1) is 17.2. The number of aryl methyl sites for hydroxylation is 1. The summed E-state index contributed by atoms with van der Waals surface area (Å²) in [4.78, 5) is 38.2. The van der Waals surface area contributed by atoms with Gasteiger partial charge in [-0.05, 0) is 37.6 Å². The summed E-state index contributed by atoms with van der Waals surface area (Å²) < 4.78 is 41.2. The summed E-state index contributed by atoms with van der Waals surface area (Å²) >= 11 is 0. The maximum Gasteiger partial charge on any atom is 0.433 e. The smallest absolute Gasteiger partial charge is 0.365 e. The van der Waals surface area contributed by atoms with Crippen LogP contribution in [-0.2, 0) is 17.5 Å². The van der Waals surface area contributed by atoms with Crippen molar-refractivity contribution in [3.8, 4) is 0 Å². The number of anilines is 2. The molecule has 2 amide bonds. The van der Waals surface area contributed by atoms with Crippen LogP contribution in [0.1, 0.15) is 35.2 Å². The number of hydrogen-bond acceptors (Lipinski definition) is 7. The molecule has 0 radical (unpaired) electrons. The first kappa shape index (κ1) is 24.7. The molecule has 2 aromatic heterocycles. The monoisotopic (exact) mass is 500 g/mol. The Hall–Kier alpha value is -4.42. The minimum Gasteiger partial charge on any atom is -0.365 e. The van der Waals surface area contributed by atoms with Crippen molar-refractivity contribution in [1.29, 1.82) is 0 Å². The van der Waals surface area contributed by atoms with Crippen molar-refractivity contribution >= 4 is 28.8 Å². The lowest BCUT2D eigenvalue weighted by molar-refractivity contribution is -0.141. The molecule has 0 saturated heterocycles. The van der Waals surface area contributed by atoms with Gasteiger partial charge in [0, 0.05) is 43.8 Å². The van der Waals surface area contributed by atoms with Crippen LogP contribution in [0, 0.1) is 0 Å². The number of alkyl halides is 3. The Labute approximate surface area is 204 Å². The van der Waals surface area contributed by atoms with E-state index in [1.807, 2.05) is 17.7 Å². The van der Waals surface area contributed by atoms with Gasteiger partial charge in [-0.3, -0.25) is 9.59 Å². The minimum atomic E-state index is -4.72. The first-order valence-electron chi connectivity index (χ1n) is 11.0. The van der Waals surface area contributed by atoms with Crippen molar-refractivity contribution in [3.05, 3.63) is 72.1 Å². The van der Waals surface area contributed by atoms with Crippen molar-refractivity contribution < 1.29 is 22.8 Å². The minimum absolute atomic E-state index is 0.0223. The summed E-state index contributed by atoms with van der Waals surface area (Å²) in [6.45, 7) is 3.66. The van der Waals surface area contributed by atoms with Crippen molar-refractivity contribution in [2.45, 2.75) is 26.1 Å². The second-order valence-electron chi connectivity index (χ2n) is 7.93. The van der Waals surface area contributed by atoms with Gasteiger partial charge in [-0.25, -0.2) is 15.0 Å². The van der Waals surface area contributed by atoms with Gasteiger partial charge in [-0.2, -0.15) is 13.2 Å². The summed E-state index contributed by atoms with van der Waals surface area (Å²) in [5.74, 6) is -1.66. The van der Waals surface area contributed by atoms with E-state index in [0.717, 1.165) is 19.2 Å². The maximum absolute atomic E-state index is 13.1. The molecule has 10 nitrogen and oxygen atoms in total. The number of amides is 2. The molecule has 3 aromatic rings. The van der Waals surface area contributed by atoms with Gasteiger partial charge in [0.1, 0.15) is 17.1 Å². The number of hydrogen-bond donors (Lipinski definition) is 3. The van der Waals surface area contributed by atoms with Crippen molar-refractivity contribution in [1.82, 2.24) is 24.4 Å². The summed E-state index contributed by atoms with van der Waals surface area (Å²) in [5, 5.41) is 5.82. The fourth-order valence-corrected chi connectivity index (χ4v) is 3.75. The molecule has 4 rings (SSSR count). The van der Waals surface area contributed by atoms with Gasteiger partial charge in [0.2, 0.25) is 0 Å². The van der Waals surface area contributed by atoms with Crippen molar-refractivity contribution in [3.63, 3.8) is 0 Å². The number of primary amides is 1. The fourth-order valence-electron chi connectivity index (χ4n) is 3.75. The standard InChI is InChI=1S/C23H23F3N8O2/c1-2-34(10-3-9-33-11-8-28-13-33)22(36)14-4-5-15-16(12-14)31-21(30-15)18(19(27)35)20-29-7-6-17(32-20)23(24,25)26/h4-8,11-13,30-31H,2-3,9-10H2,1H3,(H2,27,35)/b21-18-. The molecule has 3 heterocycles. The molecule has 0 spiro atoms. The Balaban J connectivity index is 1.54. The average molecular weight is 500 g/mol. The van der Waals surface area contributed by atoms with Gasteiger partial charge in [0.15, 0.2) is 5.82 Å². The third-order valence-corrected chi connectivity index (χ3v) is 5.52. The zero-order valence-electron chi connectivity index (χ0n) is 19.2. The van der Waals surface area contributed by atoms with E-state index in [1.54, 1.807) is 35.6 Å². The van der Waals surface area contributed by atoms with Crippen LogP contribution in [0.3, 0.4) is 0 Å². The molecule has 0 saturated carbocycles. The highest BCUT2D eigenvalue weighted by Gasteiger charge is 2.34. The highest BCUT2D eigenvalue weighted by Crippen LogP contribution is 2.35. The van der Waals surface area contributed by atoms with Gasteiger partial charge in [0.05, 0.1) is 17.7 Å². The molecular formula is C23H23F3N8O2. The third-order valence-electron chi connectivity index (χ3n) is 5.52. The molecule has 13 heteroatoms. The van der Waals surface area contributed by atoms with Crippen molar-refractivity contribution in [2.24, 2.45) is 5.73 Å². The maximum atomic E-state index is 13.1. The number of nitrogens with two attached hydrogens (primary N) is 1. The van der Waals surface area contributed by atoms with E-state index in [0.29, 0.717) is 36.1 Å². The highest BCUT2D eigenvalue weighted by molar-refractivity contribution is 6.20. The van der Waals surface area contributed by atoms with Crippen LogP contribution in [0.5, 0.6) is 0 Å². The first-order valence-corrected chi connectivity index (χ1v) is 11.0. The predicted molar refractivity (Wildman–Crippen MR) is 125 cm³/mol. The molecule has 1 aliphatic rings. The van der Waals surface area contributed by atoms with E-state index in [4.69, 9.17) is 5.73 Å². The predicted octanol–water partition coefficient (Wildman–Crippen LogP) is 2.94. The van der Waals surface area contributed by atoms with Gasteiger partial charge < -0.3 is 25.8 Å². The molecule has 0 aliphatic carbocycles. The van der Waals surface area contributed by atoms with Crippen LogP contribution in [-0.4, -0.2) is 49.3 Å². The summed E-state index contributed by atoms with van der Waals surface area (Å²) in [5.41, 5.74) is 5.27. The number of nitrogens with zero attached hydrogens (tertiary/aromatic N) is 5. The lowest BCUT2D eigenvalue weighted by atomic mass is 10.1. The molecule has 0 atom stereocenters. The SMILES string of the molecule is CCN(CCCn1ccnc1)C(=O)c1ccc2c(c1)N/C(=C(/C(N)=O)c1nccc(C(F)(F)F)n1)N2. The summed E-state index contributed by atoms with van der Waals surface area (Å²) in [6.07, 6.45) is 2.19. The lowest BCUT2D eigenvalue weighted by Gasteiger charge is -2.21. The Morgan fingerprint density at radius 1 is 1.14 bits per heavy atom. The molecule has 4 N–H and O–H groups in total. The number of fused-ring (bicyclic) bond motifs is 1. The van der Waals surface area contributed by atoms with E-state index in [9.17, 15) is 22.8 Å². The zero-order valence-corrected chi connectivity index (χ0v) is 19.2. The largest absolute Gasteiger partial charge is 0.433 e. The number of benzene rings is 1. The van der Waals surface area contributed by atoms with Crippen molar-refractivity contribution in [2.75, 3.05) is 23.7 Å². The molecule has 36 heavy (non-hydrogen) atoms. The van der Waals surface area contributed by atoms with E-state index >= 15 is 0 Å². The Morgan fingerprint density at radius 3 is 2.58 bits per heavy atom. The zero-order chi connectivity index (χ0) is 25.9. The topological polar surface area (TPSA) is 131 Å². The lowest BCUT2D eigenvalue weighted by Crippen LogP contribution is -2.32. The van der Waals surface area contributed by atoms with Gasteiger partial charge in [-0.15, -0.1) is 0 Å². The van der Waals surface area contributed by atoms with E-state index in [-0.39, 0.29) is 17.3 Å². The Morgan fingerprint density at radius 2 is 1.92 bits per heavy atom. The number of imidazole rings is 1. The van der Waals surface area contributed by atoms with E-state index in [2.05, 4.69) is 25.6 Å². The van der Waals surface area contributed by atoms with Crippen LogP contribution in [0.2, 0.25) is 0 Å². The number of nitrogens with one attached hydrogen (secondary N) is 2. The van der Waals surface area contributed by atoms with E-state index < -0.39 is 23.6 Å². The molecule has 0 unspecified atom stereocenters. The Bertz CT molecular complexity index is 1300. The van der Waals surface area contributed by atoms with Gasteiger partial charge in [-0.1, -0.05) is 0 Å². The van der Waals surface area contributed by atoms with Crippen LogP contribution in [0.15, 0.2) is 55.0 Å². The van der Waals surface area contributed by atoms with Crippen LogP contribution < -0.4 is 16.4 Å². The van der Waals surface area contributed by atoms with Crippen LogP contribution in [0.4, 0.5) is 24.5 Å². The third kappa shape index (κ3) is 5.29. The number of rotatable bonds is 8. The highest BCUT2D eigenvalue weighted by atomic mass is 19.4. The average Bonchev–Trinajstić information content (AvgIpc) is 3.50. The quantitative estimate of drug-likeness (QED) is 0.405. The summed E-state index contributed by atoms with van der Waals surface area (Å²) in [7, 11) is 0. The second-order valence-corrected chi connectivity index (χ2v) is 7.93. The molecule has 0 bridgehead atoms. The molecule has 188 valence electrons.